The highest BCUT2D eigenvalue weighted by atomic mass is 32.2. The van der Waals surface area contributed by atoms with Crippen LogP contribution in [0.5, 0.6) is 0 Å². The molecule has 1 unspecified atom stereocenters. The van der Waals surface area contributed by atoms with Gasteiger partial charge in [0.25, 0.3) is 5.69 Å². The molecule has 1 atom stereocenters. The number of carbonyl (C=O) groups excluding carboxylic acids is 1. The number of hydrogen-bond acceptors (Lipinski definition) is 4. The molecule has 2 rings (SSSR count). The second-order valence-electron chi connectivity index (χ2n) is 3.96. The monoisotopic (exact) mass is 264 g/mol. The summed E-state index contributed by atoms with van der Waals surface area (Å²) in [6.45, 7) is 1.31. The average Bonchev–Trinajstić information content (AvgIpc) is 2.27. The number of aromatic nitrogens is 2. The minimum Gasteiger partial charge on any atom is -0.618 e. The summed E-state index contributed by atoms with van der Waals surface area (Å²) >= 11 is 0. The smallest absolute Gasteiger partial charge is 0.282 e. The van der Waals surface area contributed by atoms with Crippen molar-refractivity contribution in [1.82, 2.24) is 4.98 Å². The van der Waals surface area contributed by atoms with E-state index >= 15 is 0 Å². The molecule has 2 aromatic rings. The van der Waals surface area contributed by atoms with Gasteiger partial charge in [-0.3, -0.25) is 9.00 Å². The Hall–Kier alpha value is -1.82. The highest BCUT2D eigenvalue weighted by Gasteiger charge is 2.23. The Bertz CT molecular complexity index is 655. The van der Waals surface area contributed by atoms with Crippen LogP contribution < -0.4 is 4.73 Å². The number of Topliss-reactive ketones (excluding diaryl/α,β-unsaturated/α-hetero) is 1. The van der Waals surface area contributed by atoms with Crippen molar-refractivity contribution in [2.75, 3.05) is 6.26 Å². The summed E-state index contributed by atoms with van der Waals surface area (Å²) in [5.41, 5.74) is 1.10. The highest BCUT2D eigenvalue weighted by Crippen LogP contribution is 2.12. The van der Waals surface area contributed by atoms with E-state index in [1.807, 2.05) is 0 Å². The van der Waals surface area contributed by atoms with Gasteiger partial charge in [-0.15, -0.1) is 0 Å². The minimum absolute atomic E-state index is 0.0242. The fraction of sp³-hybridized carbons (Fsp3) is 0.250. The van der Waals surface area contributed by atoms with E-state index in [-0.39, 0.29) is 22.9 Å². The van der Waals surface area contributed by atoms with Crippen molar-refractivity contribution in [3.63, 3.8) is 0 Å². The van der Waals surface area contributed by atoms with Crippen LogP contribution in [0.15, 0.2) is 24.3 Å². The van der Waals surface area contributed by atoms with Crippen LogP contribution in [-0.2, 0) is 16.6 Å². The summed E-state index contributed by atoms with van der Waals surface area (Å²) in [5, 5.41) is 12.1. The SMILES string of the molecule is CC(=O)c1c(CS(C)=O)nc2ccccc2[n+]1[O-]. The Kier molecular flexibility index (Phi) is 3.38. The molecule has 0 amide bonds. The zero-order valence-electron chi connectivity index (χ0n) is 10.0. The lowest BCUT2D eigenvalue weighted by molar-refractivity contribution is -0.580. The number of nitrogens with zero attached hydrogens (tertiary/aromatic N) is 2. The number of hydrogen-bond donors (Lipinski definition) is 0. The molecule has 1 aromatic carbocycles. The molecule has 1 heterocycles. The third-order valence-electron chi connectivity index (χ3n) is 2.51. The number of fused-ring (bicyclic) bond motifs is 1. The van der Waals surface area contributed by atoms with Crippen molar-refractivity contribution in [3.05, 3.63) is 40.9 Å². The van der Waals surface area contributed by atoms with E-state index in [0.29, 0.717) is 15.8 Å². The van der Waals surface area contributed by atoms with Crippen LogP contribution >= 0.6 is 0 Å². The Morgan fingerprint density at radius 1 is 1.44 bits per heavy atom. The summed E-state index contributed by atoms with van der Waals surface area (Å²) in [5.74, 6) is -0.272. The molecular weight excluding hydrogens is 252 g/mol. The summed E-state index contributed by atoms with van der Waals surface area (Å²) < 4.78 is 11.9. The zero-order valence-corrected chi connectivity index (χ0v) is 10.9. The van der Waals surface area contributed by atoms with E-state index < -0.39 is 10.8 Å². The van der Waals surface area contributed by atoms with Crippen LogP contribution in [0.25, 0.3) is 11.0 Å². The molecule has 0 saturated carbocycles. The Morgan fingerprint density at radius 2 is 2.11 bits per heavy atom. The van der Waals surface area contributed by atoms with E-state index in [1.165, 1.54) is 13.2 Å². The second kappa shape index (κ2) is 4.81. The molecule has 0 N–H and O–H groups in total. The third kappa shape index (κ3) is 2.24. The molecule has 0 aliphatic rings. The van der Waals surface area contributed by atoms with E-state index in [0.717, 1.165) is 0 Å². The molecule has 0 radical (unpaired) electrons. The molecule has 0 fully saturated rings. The molecule has 5 nitrogen and oxygen atoms in total. The van der Waals surface area contributed by atoms with Crippen LogP contribution in [0, 0.1) is 5.21 Å². The van der Waals surface area contributed by atoms with Crippen LogP contribution in [0.2, 0.25) is 0 Å². The normalized spacial score (nSPS) is 12.6. The minimum atomic E-state index is -1.16. The van der Waals surface area contributed by atoms with Gasteiger partial charge in [0.1, 0.15) is 11.2 Å². The molecule has 1 aromatic heterocycles. The molecule has 0 aliphatic carbocycles. The highest BCUT2D eigenvalue weighted by molar-refractivity contribution is 7.83. The van der Waals surface area contributed by atoms with E-state index in [4.69, 9.17) is 0 Å². The number of para-hydroxylation sites is 2. The first-order valence-electron chi connectivity index (χ1n) is 5.33. The van der Waals surface area contributed by atoms with Crippen LogP contribution in [0.3, 0.4) is 0 Å². The van der Waals surface area contributed by atoms with Gasteiger partial charge in [0.05, 0.1) is 5.75 Å². The zero-order chi connectivity index (χ0) is 13.3. The predicted molar refractivity (Wildman–Crippen MR) is 68.5 cm³/mol. The quantitative estimate of drug-likeness (QED) is 0.470. The summed E-state index contributed by atoms with van der Waals surface area (Å²) in [4.78, 5) is 15.8. The first-order chi connectivity index (χ1) is 8.50. The molecule has 0 bridgehead atoms. The molecule has 94 valence electrons. The maximum Gasteiger partial charge on any atom is 0.282 e. The maximum atomic E-state index is 12.1. The van der Waals surface area contributed by atoms with Gasteiger partial charge in [0, 0.05) is 30.0 Å². The Labute approximate surface area is 107 Å². The molecule has 0 aliphatic heterocycles. The van der Waals surface area contributed by atoms with Gasteiger partial charge in [0.15, 0.2) is 0 Å². The lowest BCUT2D eigenvalue weighted by Crippen LogP contribution is -2.37. The van der Waals surface area contributed by atoms with E-state index in [2.05, 4.69) is 4.98 Å². The van der Waals surface area contributed by atoms with Crippen LogP contribution in [0.4, 0.5) is 0 Å². The largest absolute Gasteiger partial charge is 0.618 e. The molecule has 6 heteroatoms. The molecule has 0 spiro atoms. The first-order valence-corrected chi connectivity index (χ1v) is 7.05. The Balaban J connectivity index is 2.78. The van der Waals surface area contributed by atoms with Crippen molar-refractivity contribution in [2.45, 2.75) is 12.7 Å². The van der Waals surface area contributed by atoms with Crippen LogP contribution in [0.1, 0.15) is 23.1 Å². The van der Waals surface area contributed by atoms with Gasteiger partial charge in [-0.25, -0.2) is 4.98 Å². The van der Waals surface area contributed by atoms with Gasteiger partial charge >= 0.3 is 0 Å². The van der Waals surface area contributed by atoms with Crippen molar-refractivity contribution >= 4 is 27.6 Å². The Morgan fingerprint density at radius 3 is 2.72 bits per heavy atom. The number of ketones is 1. The lowest BCUT2D eigenvalue weighted by Gasteiger charge is -2.08. The standard InChI is InChI=1S/C12H12N2O3S/c1-8(15)12-10(7-18(2)17)13-9-5-3-4-6-11(9)14(12)16/h3-6H,7H2,1-2H3. The van der Waals surface area contributed by atoms with Gasteiger partial charge in [-0.2, -0.15) is 4.73 Å². The van der Waals surface area contributed by atoms with Gasteiger partial charge in [0.2, 0.25) is 11.3 Å². The molecular formula is C12H12N2O3S. The van der Waals surface area contributed by atoms with Crippen molar-refractivity contribution < 1.29 is 13.7 Å². The average molecular weight is 264 g/mol. The number of rotatable bonds is 3. The number of benzene rings is 1. The second-order valence-corrected chi connectivity index (χ2v) is 5.40. The summed E-state index contributed by atoms with van der Waals surface area (Å²) in [6, 6.07) is 6.76. The van der Waals surface area contributed by atoms with Crippen LogP contribution in [-0.4, -0.2) is 21.2 Å². The maximum absolute atomic E-state index is 12.1. The fourth-order valence-electron chi connectivity index (χ4n) is 1.81. The third-order valence-corrected chi connectivity index (χ3v) is 3.19. The van der Waals surface area contributed by atoms with Gasteiger partial charge < -0.3 is 5.21 Å². The molecule has 18 heavy (non-hydrogen) atoms. The topological polar surface area (TPSA) is 74.0 Å². The van der Waals surface area contributed by atoms with Crippen molar-refractivity contribution in [3.8, 4) is 0 Å². The summed E-state index contributed by atoms with van der Waals surface area (Å²) in [7, 11) is -1.16. The lowest BCUT2D eigenvalue weighted by atomic mass is 10.2. The predicted octanol–water partition coefficient (Wildman–Crippen LogP) is 0.949. The van der Waals surface area contributed by atoms with Gasteiger partial charge in [-0.05, 0) is 6.07 Å². The molecule has 0 saturated heterocycles. The van der Waals surface area contributed by atoms with Crippen molar-refractivity contribution in [2.24, 2.45) is 0 Å². The first kappa shape index (κ1) is 12.6. The van der Waals surface area contributed by atoms with Gasteiger partial charge in [-0.1, -0.05) is 12.1 Å². The summed E-state index contributed by atoms with van der Waals surface area (Å²) in [6.07, 6.45) is 1.51. The van der Waals surface area contributed by atoms with Crippen molar-refractivity contribution in [1.29, 1.82) is 0 Å². The fourth-order valence-corrected chi connectivity index (χ4v) is 2.39. The number of carbonyl (C=O) groups is 1. The van der Waals surface area contributed by atoms with E-state index in [9.17, 15) is 14.2 Å². The van der Waals surface area contributed by atoms with E-state index in [1.54, 1.807) is 24.3 Å².